The van der Waals surface area contributed by atoms with E-state index in [2.05, 4.69) is 50.4 Å². The molecule has 1 saturated heterocycles. The molecule has 0 atom stereocenters. The fourth-order valence-corrected chi connectivity index (χ4v) is 3.81. The lowest BCUT2D eigenvalue weighted by Gasteiger charge is -2.32. The summed E-state index contributed by atoms with van der Waals surface area (Å²) < 4.78 is 6.20. The molecule has 0 radical (unpaired) electrons. The molecule has 1 fully saturated rings. The number of thioether (sulfide) groups is 1. The van der Waals surface area contributed by atoms with Gasteiger partial charge in [-0.3, -0.25) is 4.79 Å². The van der Waals surface area contributed by atoms with E-state index in [1.165, 1.54) is 16.7 Å². The largest absolute Gasteiger partial charge is 0.490 e. The molecule has 138 valence electrons. The van der Waals surface area contributed by atoms with Crippen LogP contribution in [0.1, 0.15) is 39.9 Å². The van der Waals surface area contributed by atoms with Gasteiger partial charge >= 0.3 is 0 Å². The van der Waals surface area contributed by atoms with Crippen molar-refractivity contribution in [3.63, 3.8) is 0 Å². The van der Waals surface area contributed by atoms with E-state index in [4.69, 9.17) is 4.74 Å². The van der Waals surface area contributed by atoms with E-state index in [9.17, 15) is 4.79 Å². The summed E-state index contributed by atoms with van der Waals surface area (Å²) in [5, 5.41) is 0. The van der Waals surface area contributed by atoms with Crippen LogP contribution in [0.15, 0.2) is 42.5 Å². The van der Waals surface area contributed by atoms with Crippen molar-refractivity contribution in [3.05, 3.63) is 64.7 Å². The molecular weight excluding hydrogens is 342 g/mol. The molecule has 3 rings (SSSR count). The van der Waals surface area contributed by atoms with E-state index in [1.807, 2.05) is 17.0 Å². The average Bonchev–Trinajstić information content (AvgIpc) is 2.66. The SMILES string of the molecule is CSCc1ccc(C(=O)N2CCC(Oc3cc(C)ccc3C)CC2)cc1. The summed E-state index contributed by atoms with van der Waals surface area (Å²) >= 11 is 1.79. The van der Waals surface area contributed by atoms with Crippen LogP contribution in [0.4, 0.5) is 0 Å². The van der Waals surface area contributed by atoms with Crippen molar-refractivity contribution in [1.82, 2.24) is 4.90 Å². The molecule has 2 aromatic carbocycles. The third-order valence-corrected chi connectivity index (χ3v) is 5.50. The first-order valence-electron chi connectivity index (χ1n) is 9.18. The maximum atomic E-state index is 12.7. The van der Waals surface area contributed by atoms with E-state index in [-0.39, 0.29) is 12.0 Å². The van der Waals surface area contributed by atoms with Crippen LogP contribution >= 0.6 is 11.8 Å². The Bertz CT molecular complexity index is 749. The Morgan fingerprint density at radius 3 is 2.46 bits per heavy atom. The van der Waals surface area contributed by atoms with Crippen LogP contribution < -0.4 is 4.74 Å². The Hall–Kier alpha value is -1.94. The molecule has 1 amide bonds. The van der Waals surface area contributed by atoms with Crippen LogP contribution in [0.5, 0.6) is 5.75 Å². The molecule has 0 aromatic heterocycles. The van der Waals surface area contributed by atoms with Gasteiger partial charge in [-0.1, -0.05) is 24.3 Å². The molecule has 0 saturated carbocycles. The molecule has 0 bridgehead atoms. The summed E-state index contributed by atoms with van der Waals surface area (Å²) in [6, 6.07) is 14.3. The van der Waals surface area contributed by atoms with Crippen molar-refractivity contribution in [1.29, 1.82) is 0 Å². The first-order valence-corrected chi connectivity index (χ1v) is 10.6. The van der Waals surface area contributed by atoms with Gasteiger partial charge in [0.25, 0.3) is 5.91 Å². The molecule has 2 aromatic rings. The number of amides is 1. The minimum Gasteiger partial charge on any atom is -0.490 e. The van der Waals surface area contributed by atoms with Crippen molar-refractivity contribution < 1.29 is 9.53 Å². The number of aryl methyl sites for hydroxylation is 2. The van der Waals surface area contributed by atoms with Gasteiger partial charge in [-0.05, 0) is 55.0 Å². The number of hydrogen-bond donors (Lipinski definition) is 0. The van der Waals surface area contributed by atoms with Gasteiger partial charge in [-0.2, -0.15) is 11.8 Å². The van der Waals surface area contributed by atoms with Crippen LogP contribution in [-0.4, -0.2) is 36.3 Å². The monoisotopic (exact) mass is 369 g/mol. The smallest absolute Gasteiger partial charge is 0.253 e. The number of ether oxygens (including phenoxy) is 1. The van der Waals surface area contributed by atoms with E-state index in [0.717, 1.165) is 43.0 Å². The fourth-order valence-electron chi connectivity index (χ4n) is 3.28. The summed E-state index contributed by atoms with van der Waals surface area (Å²) in [4.78, 5) is 14.7. The van der Waals surface area contributed by atoms with Gasteiger partial charge in [0, 0.05) is 37.2 Å². The molecule has 1 aliphatic rings. The molecular formula is C22H27NO2S. The van der Waals surface area contributed by atoms with Crippen LogP contribution in [0, 0.1) is 13.8 Å². The summed E-state index contributed by atoms with van der Waals surface area (Å²) in [6.07, 6.45) is 4.03. The van der Waals surface area contributed by atoms with Gasteiger partial charge in [0.1, 0.15) is 11.9 Å². The molecule has 1 heterocycles. The topological polar surface area (TPSA) is 29.5 Å². The quantitative estimate of drug-likeness (QED) is 0.754. The number of nitrogens with zero attached hydrogens (tertiary/aromatic N) is 1. The minimum atomic E-state index is 0.130. The molecule has 0 N–H and O–H groups in total. The molecule has 0 spiro atoms. The zero-order valence-corrected chi connectivity index (χ0v) is 16.6. The lowest BCUT2D eigenvalue weighted by atomic mass is 10.0. The maximum Gasteiger partial charge on any atom is 0.253 e. The number of benzene rings is 2. The van der Waals surface area contributed by atoms with E-state index in [0.29, 0.717) is 0 Å². The molecule has 0 aliphatic carbocycles. The van der Waals surface area contributed by atoms with Crippen molar-refractivity contribution in [2.24, 2.45) is 0 Å². The van der Waals surface area contributed by atoms with Gasteiger partial charge in [-0.25, -0.2) is 0 Å². The Balaban J connectivity index is 1.56. The predicted octanol–water partition coefficient (Wildman–Crippen LogP) is 4.85. The zero-order valence-electron chi connectivity index (χ0n) is 15.8. The van der Waals surface area contributed by atoms with E-state index < -0.39 is 0 Å². The fraction of sp³-hybridized carbons (Fsp3) is 0.409. The van der Waals surface area contributed by atoms with Crippen LogP contribution in [0.25, 0.3) is 0 Å². The van der Waals surface area contributed by atoms with Gasteiger partial charge in [0.2, 0.25) is 0 Å². The second-order valence-electron chi connectivity index (χ2n) is 7.01. The molecule has 1 aliphatic heterocycles. The average molecular weight is 370 g/mol. The zero-order chi connectivity index (χ0) is 18.5. The van der Waals surface area contributed by atoms with Gasteiger partial charge < -0.3 is 9.64 Å². The molecule has 4 heteroatoms. The van der Waals surface area contributed by atoms with Gasteiger partial charge in [0.15, 0.2) is 0 Å². The van der Waals surface area contributed by atoms with Crippen LogP contribution in [-0.2, 0) is 5.75 Å². The summed E-state index contributed by atoms with van der Waals surface area (Å²) in [6.45, 7) is 5.66. The molecule has 0 unspecified atom stereocenters. The Labute approximate surface area is 160 Å². The Kier molecular flexibility index (Phi) is 6.25. The lowest BCUT2D eigenvalue weighted by Crippen LogP contribution is -2.41. The standard InChI is InChI=1S/C22H27NO2S/c1-16-4-5-17(2)21(14-16)25-20-10-12-23(13-11-20)22(24)19-8-6-18(7-9-19)15-26-3/h4-9,14,20H,10-13,15H2,1-3H3. The number of hydrogen-bond acceptors (Lipinski definition) is 3. The summed E-state index contributed by atoms with van der Waals surface area (Å²) in [7, 11) is 0. The Morgan fingerprint density at radius 1 is 1.12 bits per heavy atom. The highest BCUT2D eigenvalue weighted by molar-refractivity contribution is 7.97. The second-order valence-corrected chi connectivity index (χ2v) is 7.87. The third kappa shape index (κ3) is 4.61. The van der Waals surface area contributed by atoms with Crippen molar-refractivity contribution in [2.75, 3.05) is 19.3 Å². The Morgan fingerprint density at radius 2 is 1.81 bits per heavy atom. The lowest BCUT2D eigenvalue weighted by molar-refractivity contribution is 0.0594. The van der Waals surface area contributed by atoms with Crippen LogP contribution in [0.2, 0.25) is 0 Å². The number of piperidine rings is 1. The van der Waals surface area contributed by atoms with E-state index in [1.54, 1.807) is 11.8 Å². The normalized spacial score (nSPS) is 15.1. The number of carbonyl (C=O) groups excluding carboxylic acids is 1. The minimum absolute atomic E-state index is 0.130. The number of likely N-dealkylation sites (tertiary alicyclic amines) is 1. The second kappa shape index (κ2) is 8.63. The van der Waals surface area contributed by atoms with Crippen molar-refractivity contribution in [3.8, 4) is 5.75 Å². The summed E-state index contributed by atoms with van der Waals surface area (Å²) in [5.74, 6) is 2.08. The highest BCUT2D eigenvalue weighted by Gasteiger charge is 2.25. The van der Waals surface area contributed by atoms with Crippen molar-refractivity contribution in [2.45, 2.75) is 38.5 Å². The van der Waals surface area contributed by atoms with E-state index >= 15 is 0 Å². The highest BCUT2D eigenvalue weighted by atomic mass is 32.2. The number of rotatable bonds is 5. The third-order valence-electron chi connectivity index (χ3n) is 4.88. The van der Waals surface area contributed by atoms with Gasteiger partial charge in [0.05, 0.1) is 0 Å². The maximum absolute atomic E-state index is 12.7. The first-order chi connectivity index (χ1) is 12.6. The summed E-state index contributed by atoms with van der Waals surface area (Å²) in [5.41, 5.74) is 4.42. The number of carbonyl (C=O) groups is 1. The van der Waals surface area contributed by atoms with Crippen LogP contribution in [0.3, 0.4) is 0 Å². The van der Waals surface area contributed by atoms with Crippen molar-refractivity contribution >= 4 is 17.7 Å². The highest BCUT2D eigenvalue weighted by Crippen LogP contribution is 2.24. The first kappa shape index (κ1) is 18.8. The molecule has 26 heavy (non-hydrogen) atoms. The van der Waals surface area contributed by atoms with Gasteiger partial charge in [-0.15, -0.1) is 0 Å². The predicted molar refractivity (Wildman–Crippen MR) is 109 cm³/mol. The molecule has 3 nitrogen and oxygen atoms in total.